The fourth-order valence-corrected chi connectivity index (χ4v) is 1.81. The molecule has 0 aliphatic rings. The monoisotopic (exact) mass is 347 g/mol. The summed E-state index contributed by atoms with van der Waals surface area (Å²) in [4.78, 5) is 33.9. The van der Waals surface area contributed by atoms with Crippen molar-refractivity contribution in [3.05, 3.63) is 34.1 Å². The van der Waals surface area contributed by atoms with Gasteiger partial charge in [0.05, 0.1) is 23.6 Å². The summed E-state index contributed by atoms with van der Waals surface area (Å²) >= 11 is 2.90. The van der Waals surface area contributed by atoms with Crippen molar-refractivity contribution in [1.82, 2.24) is 5.32 Å². The van der Waals surface area contributed by atoms with Crippen LogP contribution in [0.25, 0.3) is 0 Å². The second kappa shape index (κ2) is 6.99. The molecular formula is C12H11BrFNO5. The number of carbonyl (C=O) groups excluding carboxylic acids is 2. The van der Waals surface area contributed by atoms with Crippen molar-refractivity contribution in [2.45, 2.75) is 12.5 Å². The standard InChI is InChI=1S/C12H11BrFNO5/c1-20-9(16)5-8(12(18)19)15-11(17)6-3-2-4-7(14)10(6)13/h2-4,8H,5H2,1H3,(H,15,17)(H,18,19)/t8-/m0/s1. The third-order valence-electron chi connectivity index (χ3n) is 2.40. The molecule has 0 fully saturated rings. The summed E-state index contributed by atoms with van der Waals surface area (Å²) in [5.41, 5.74) is -0.0684. The number of halogens is 2. The van der Waals surface area contributed by atoms with Gasteiger partial charge < -0.3 is 15.2 Å². The van der Waals surface area contributed by atoms with Gasteiger partial charge in [0, 0.05) is 0 Å². The highest BCUT2D eigenvalue weighted by Crippen LogP contribution is 2.20. The van der Waals surface area contributed by atoms with E-state index in [0.29, 0.717) is 0 Å². The summed E-state index contributed by atoms with van der Waals surface area (Å²) in [5, 5.41) is 11.1. The fraction of sp³-hybridized carbons (Fsp3) is 0.250. The summed E-state index contributed by atoms with van der Waals surface area (Å²) in [6.45, 7) is 0. The van der Waals surface area contributed by atoms with Crippen molar-refractivity contribution in [1.29, 1.82) is 0 Å². The van der Waals surface area contributed by atoms with Gasteiger partial charge in [-0.05, 0) is 28.1 Å². The maximum Gasteiger partial charge on any atom is 0.326 e. The number of hydrogen-bond donors (Lipinski definition) is 2. The van der Waals surface area contributed by atoms with Gasteiger partial charge in [0.2, 0.25) is 0 Å². The Balaban J connectivity index is 2.88. The molecule has 0 saturated carbocycles. The maximum atomic E-state index is 13.3. The van der Waals surface area contributed by atoms with Gasteiger partial charge in [-0.2, -0.15) is 0 Å². The summed E-state index contributed by atoms with van der Waals surface area (Å²) in [6.07, 6.45) is -0.523. The minimum absolute atomic E-state index is 0.0684. The van der Waals surface area contributed by atoms with Gasteiger partial charge in [0.25, 0.3) is 5.91 Å². The lowest BCUT2D eigenvalue weighted by molar-refractivity contribution is -0.147. The van der Waals surface area contributed by atoms with Crippen molar-refractivity contribution < 1.29 is 28.6 Å². The first-order valence-electron chi connectivity index (χ1n) is 5.41. The number of rotatable bonds is 5. The molecule has 0 aromatic heterocycles. The number of nitrogens with one attached hydrogen (secondary N) is 1. The van der Waals surface area contributed by atoms with Crippen LogP contribution in [-0.4, -0.2) is 36.1 Å². The lowest BCUT2D eigenvalue weighted by Crippen LogP contribution is -2.42. The molecule has 0 aliphatic heterocycles. The molecule has 1 amide bonds. The van der Waals surface area contributed by atoms with Crippen LogP contribution in [0.4, 0.5) is 4.39 Å². The highest BCUT2D eigenvalue weighted by Gasteiger charge is 2.25. The van der Waals surface area contributed by atoms with E-state index < -0.39 is 36.1 Å². The van der Waals surface area contributed by atoms with Crippen molar-refractivity contribution in [2.24, 2.45) is 0 Å². The highest BCUT2D eigenvalue weighted by molar-refractivity contribution is 9.10. The summed E-state index contributed by atoms with van der Waals surface area (Å²) in [5.74, 6) is -3.64. The van der Waals surface area contributed by atoms with Crippen molar-refractivity contribution in [2.75, 3.05) is 7.11 Å². The van der Waals surface area contributed by atoms with E-state index in [0.717, 1.165) is 13.2 Å². The average Bonchev–Trinajstić information content (AvgIpc) is 2.40. The van der Waals surface area contributed by atoms with Crippen LogP contribution in [0, 0.1) is 5.82 Å². The van der Waals surface area contributed by atoms with Crippen molar-refractivity contribution in [3.8, 4) is 0 Å². The maximum absolute atomic E-state index is 13.3. The number of esters is 1. The van der Waals surface area contributed by atoms with E-state index in [4.69, 9.17) is 5.11 Å². The van der Waals surface area contributed by atoms with E-state index in [-0.39, 0.29) is 10.0 Å². The van der Waals surface area contributed by atoms with Crippen LogP contribution in [0.3, 0.4) is 0 Å². The molecule has 0 bridgehead atoms. The van der Waals surface area contributed by atoms with Crippen LogP contribution in [0.15, 0.2) is 22.7 Å². The Morgan fingerprint density at radius 2 is 2.10 bits per heavy atom. The molecule has 0 saturated heterocycles. The van der Waals surface area contributed by atoms with Crippen LogP contribution in [-0.2, 0) is 14.3 Å². The van der Waals surface area contributed by atoms with Gasteiger partial charge in [-0.15, -0.1) is 0 Å². The zero-order valence-electron chi connectivity index (χ0n) is 10.4. The predicted octanol–water partition coefficient (Wildman–Crippen LogP) is 1.33. The zero-order chi connectivity index (χ0) is 15.3. The number of aliphatic carboxylic acids is 1. The van der Waals surface area contributed by atoms with E-state index >= 15 is 0 Å². The molecule has 2 N–H and O–H groups in total. The minimum atomic E-state index is -1.45. The number of carboxylic acid groups (broad SMARTS) is 1. The highest BCUT2D eigenvalue weighted by atomic mass is 79.9. The number of amides is 1. The van der Waals surface area contributed by atoms with Gasteiger partial charge in [-0.25, -0.2) is 9.18 Å². The fourth-order valence-electron chi connectivity index (χ4n) is 1.37. The second-order valence-corrected chi connectivity index (χ2v) is 4.54. The molecule has 0 aliphatic carbocycles. The lowest BCUT2D eigenvalue weighted by Gasteiger charge is -2.14. The Hall–Kier alpha value is -1.96. The molecular weight excluding hydrogens is 337 g/mol. The number of ether oxygens (including phenoxy) is 1. The third-order valence-corrected chi connectivity index (χ3v) is 3.20. The van der Waals surface area contributed by atoms with Crippen LogP contribution in [0.5, 0.6) is 0 Å². The van der Waals surface area contributed by atoms with Crippen LogP contribution >= 0.6 is 15.9 Å². The number of methoxy groups -OCH3 is 1. The molecule has 1 aromatic rings. The molecule has 20 heavy (non-hydrogen) atoms. The summed E-state index contributed by atoms with van der Waals surface area (Å²) < 4.78 is 17.5. The molecule has 8 heteroatoms. The quantitative estimate of drug-likeness (QED) is 0.784. The van der Waals surface area contributed by atoms with E-state index in [1.54, 1.807) is 0 Å². The Kier molecular flexibility index (Phi) is 5.63. The molecule has 108 valence electrons. The number of hydrogen-bond acceptors (Lipinski definition) is 4. The third kappa shape index (κ3) is 4.02. The molecule has 0 heterocycles. The first kappa shape index (κ1) is 16.1. The molecule has 0 unspecified atom stereocenters. The molecule has 1 rings (SSSR count). The molecule has 0 radical (unpaired) electrons. The summed E-state index contributed by atoms with van der Waals surface area (Å²) in [7, 11) is 1.10. The predicted molar refractivity (Wildman–Crippen MR) is 69.6 cm³/mol. The van der Waals surface area contributed by atoms with Crippen LogP contribution in [0.2, 0.25) is 0 Å². The van der Waals surface area contributed by atoms with E-state index in [9.17, 15) is 18.8 Å². The van der Waals surface area contributed by atoms with E-state index in [1.807, 2.05) is 0 Å². The topological polar surface area (TPSA) is 92.7 Å². The second-order valence-electron chi connectivity index (χ2n) is 3.75. The van der Waals surface area contributed by atoms with Crippen molar-refractivity contribution in [3.63, 3.8) is 0 Å². The zero-order valence-corrected chi connectivity index (χ0v) is 11.9. The van der Waals surface area contributed by atoms with Gasteiger partial charge in [-0.3, -0.25) is 9.59 Å². The number of carbonyl (C=O) groups is 3. The van der Waals surface area contributed by atoms with Crippen LogP contribution in [0.1, 0.15) is 16.8 Å². The van der Waals surface area contributed by atoms with Gasteiger partial charge in [-0.1, -0.05) is 6.07 Å². The summed E-state index contributed by atoms with van der Waals surface area (Å²) in [6, 6.07) is 2.32. The molecule has 0 spiro atoms. The SMILES string of the molecule is COC(=O)C[C@H](NC(=O)c1cccc(F)c1Br)C(=O)O. The van der Waals surface area contributed by atoms with Crippen LogP contribution < -0.4 is 5.32 Å². The smallest absolute Gasteiger partial charge is 0.326 e. The molecule has 6 nitrogen and oxygen atoms in total. The van der Waals surface area contributed by atoms with Gasteiger partial charge in [0.15, 0.2) is 0 Å². The number of benzene rings is 1. The Morgan fingerprint density at radius 3 is 2.65 bits per heavy atom. The normalized spacial score (nSPS) is 11.6. The first-order chi connectivity index (χ1) is 9.36. The van der Waals surface area contributed by atoms with E-state index in [1.165, 1.54) is 12.1 Å². The number of carboxylic acids is 1. The largest absolute Gasteiger partial charge is 0.480 e. The Bertz CT molecular complexity index is 549. The van der Waals surface area contributed by atoms with Gasteiger partial charge >= 0.3 is 11.9 Å². The lowest BCUT2D eigenvalue weighted by atomic mass is 10.1. The Labute approximate surface area is 122 Å². The minimum Gasteiger partial charge on any atom is -0.480 e. The average molecular weight is 348 g/mol. The van der Waals surface area contributed by atoms with Gasteiger partial charge in [0.1, 0.15) is 11.9 Å². The van der Waals surface area contributed by atoms with Crippen molar-refractivity contribution >= 4 is 33.8 Å². The Morgan fingerprint density at radius 1 is 1.45 bits per heavy atom. The molecule has 1 atom stereocenters. The molecule has 1 aromatic carbocycles. The first-order valence-corrected chi connectivity index (χ1v) is 6.20. The van der Waals surface area contributed by atoms with E-state index in [2.05, 4.69) is 26.0 Å².